The smallest absolute Gasteiger partial charge is 0.435 e. The molecule has 1 fully saturated rings. The second kappa shape index (κ2) is 8.31. The predicted octanol–water partition coefficient (Wildman–Crippen LogP) is 6.03. The van der Waals surface area contributed by atoms with Crippen LogP contribution in [0.15, 0.2) is 48.7 Å². The highest BCUT2D eigenvalue weighted by molar-refractivity contribution is 5.94. The molecule has 1 saturated heterocycles. The van der Waals surface area contributed by atoms with Crippen LogP contribution in [-0.2, 0) is 4.74 Å². The van der Waals surface area contributed by atoms with E-state index in [2.05, 4.69) is 29.1 Å². The largest absolute Gasteiger partial charge is 0.497 e. The lowest BCUT2D eigenvalue weighted by atomic mass is 10.0. The highest BCUT2D eigenvalue weighted by Gasteiger charge is 2.25. The number of fused-ring (bicyclic) bond motifs is 2. The van der Waals surface area contributed by atoms with Crippen molar-refractivity contribution in [3.63, 3.8) is 0 Å². The molecule has 1 unspecified atom stereocenters. The van der Waals surface area contributed by atoms with Gasteiger partial charge in [-0.05, 0) is 70.9 Å². The fourth-order valence-electron chi connectivity index (χ4n) is 4.62. The third kappa shape index (κ3) is 4.06. The van der Waals surface area contributed by atoms with E-state index in [-0.39, 0.29) is 0 Å². The number of anilines is 1. The van der Waals surface area contributed by atoms with Crippen molar-refractivity contribution in [3.8, 4) is 17.0 Å². The molecule has 7 nitrogen and oxygen atoms in total. The van der Waals surface area contributed by atoms with Crippen molar-refractivity contribution in [1.82, 2.24) is 14.8 Å². The molecule has 4 aromatic rings. The normalized spacial score (nSPS) is 16.4. The van der Waals surface area contributed by atoms with Crippen LogP contribution in [-0.4, -0.2) is 46.2 Å². The van der Waals surface area contributed by atoms with Gasteiger partial charge in [0.15, 0.2) is 0 Å². The molecule has 3 heterocycles. The van der Waals surface area contributed by atoms with Crippen molar-refractivity contribution in [2.45, 2.75) is 52.2 Å². The summed E-state index contributed by atoms with van der Waals surface area (Å²) in [4.78, 5) is 20.1. The molecule has 2 aromatic heterocycles. The van der Waals surface area contributed by atoms with Crippen molar-refractivity contribution in [1.29, 1.82) is 0 Å². The first-order valence-electron chi connectivity index (χ1n) is 11.7. The summed E-state index contributed by atoms with van der Waals surface area (Å²) in [7, 11) is 1.67. The maximum absolute atomic E-state index is 12.6. The first-order valence-corrected chi connectivity index (χ1v) is 11.7. The zero-order valence-corrected chi connectivity index (χ0v) is 20.3. The fourth-order valence-corrected chi connectivity index (χ4v) is 4.62. The molecule has 1 aliphatic rings. The van der Waals surface area contributed by atoms with Crippen LogP contribution in [0.2, 0.25) is 0 Å². The number of carbonyl (C=O) groups is 1. The Morgan fingerprint density at radius 2 is 1.91 bits per heavy atom. The summed E-state index contributed by atoms with van der Waals surface area (Å²) in [6.45, 7) is 8.81. The van der Waals surface area contributed by atoms with E-state index in [1.807, 2.05) is 51.1 Å². The molecular formula is C27H30N4O3. The molecule has 0 bridgehead atoms. The lowest BCUT2D eigenvalue weighted by Crippen LogP contribution is -2.27. The van der Waals surface area contributed by atoms with Gasteiger partial charge in [0.25, 0.3) is 0 Å². The molecule has 0 spiro atoms. The van der Waals surface area contributed by atoms with E-state index in [1.165, 1.54) is 17.5 Å². The molecule has 1 aliphatic heterocycles. The number of rotatable bonds is 3. The van der Waals surface area contributed by atoms with Gasteiger partial charge in [0.1, 0.15) is 11.4 Å². The van der Waals surface area contributed by atoms with Crippen LogP contribution in [0, 0.1) is 0 Å². The first kappa shape index (κ1) is 22.2. The average Bonchev–Trinajstić information content (AvgIpc) is 3.42. The van der Waals surface area contributed by atoms with Gasteiger partial charge in [0, 0.05) is 35.0 Å². The Balaban J connectivity index is 1.63. The average molecular weight is 459 g/mol. The summed E-state index contributed by atoms with van der Waals surface area (Å²) in [5.74, 6) is 0.780. The van der Waals surface area contributed by atoms with Crippen LogP contribution in [0.3, 0.4) is 0 Å². The van der Waals surface area contributed by atoms with Gasteiger partial charge in [0.2, 0.25) is 0 Å². The zero-order valence-electron chi connectivity index (χ0n) is 20.3. The number of methoxy groups -OCH3 is 1. The number of pyridine rings is 1. The van der Waals surface area contributed by atoms with Crippen LogP contribution in [0.25, 0.3) is 33.1 Å². The molecule has 1 atom stereocenters. The molecule has 34 heavy (non-hydrogen) atoms. The van der Waals surface area contributed by atoms with Gasteiger partial charge >= 0.3 is 6.09 Å². The molecule has 7 heteroatoms. The van der Waals surface area contributed by atoms with E-state index in [9.17, 15) is 4.79 Å². The summed E-state index contributed by atoms with van der Waals surface area (Å²) in [6, 6.07) is 14.6. The maximum Gasteiger partial charge on any atom is 0.435 e. The summed E-state index contributed by atoms with van der Waals surface area (Å²) >= 11 is 0. The zero-order chi connectivity index (χ0) is 24.0. The van der Waals surface area contributed by atoms with Crippen LogP contribution in [0.1, 0.15) is 40.5 Å². The van der Waals surface area contributed by atoms with Gasteiger partial charge in [-0.2, -0.15) is 9.78 Å². The molecule has 0 radical (unpaired) electrons. The molecule has 176 valence electrons. The van der Waals surface area contributed by atoms with Crippen molar-refractivity contribution in [2.75, 3.05) is 18.6 Å². The topological polar surface area (TPSA) is 69.5 Å². The fraction of sp³-hybridized carbons (Fsp3) is 0.370. The summed E-state index contributed by atoms with van der Waals surface area (Å²) in [5.41, 5.74) is 4.02. The standard InChI is InChI=1S/C27H30N4O3/c1-17-7-6-12-30(17)24-14-18-8-10-21(33-5)15-22(18)29-25(24)19-9-11-23-20(13-19)16-28-31(23)26(32)34-27(2,3)4/h8-11,13-17H,6-7,12H2,1-5H3. The number of aromatic nitrogens is 3. The number of hydrogen-bond acceptors (Lipinski definition) is 6. The Hall–Kier alpha value is -3.61. The number of carbonyl (C=O) groups excluding carboxylic acids is 1. The number of nitrogens with zero attached hydrogens (tertiary/aromatic N) is 4. The number of benzene rings is 2. The van der Waals surface area contributed by atoms with E-state index in [0.29, 0.717) is 11.6 Å². The van der Waals surface area contributed by atoms with Crippen LogP contribution < -0.4 is 9.64 Å². The van der Waals surface area contributed by atoms with E-state index in [0.717, 1.165) is 45.5 Å². The number of hydrogen-bond donors (Lipinski definition) is 0. The molecule has 0 N–H and O–H groups in total. The second-order valence-corrected chi connectivity index (χ2v) is 9.91. The Labute approximate surface area is 199 Å². The molecule has 0 saturated carbocycles. The second-order valence-electron chi connectivity index (χ2n) is 9.91. The molecular weight excluding hydrogens is 428 g/mol. The van der Waals surface area contributed by atoms with Crippen molar-refractivity contribution in [3.05, 3.63) is 48.7 Å². The SMILES string of the molecule is COc1ccc2cc(N3CCCC3C)c(-c3ccc4c(cnn4C(=O)OC(C)(C)C)c3)nc2c1. The molecule has 5 rings (SSSR count). The van der Waals surface area contributed by atoms with Gasteiger partial charge in [-0.1, -0.05) is 6.07 Å². The van der Waals surface area contributed by atoms with E-state index in [1.54, 1.807) is 13.3 Å². The minimum Gasteiger partial charge on any atom is -0.497 e. The van der Waals surface area contributed by atoms with Gasteiger partial charge in [0.05, 0.1) is 35.7 Å². The molecule has 2 aromatic carbocycles. The van der Waals surface area contributed by atoms with Gasteiger partial charge < -0.3 is 14.4 Å². The van der Waals surface area contributed by atoms with E-state index < -0.39 is 11.7 Å². The van der Waals surface area contributed by atoms with Crippen molar-refractivity contribution in [2.24, 2.45) is 0 Å². The Morgan fingerprint density at radius 3 is 2.62 bits per heavy atom. The monoisotopic (exact) mass is 458 g/mol. The van der Waals surface area contributed by atoms with Gasteiger partial charge in [-0.3, -0.25) is 0 Å². The molecule has 0 amide bonds. The van der Waals surface area contributed by atoms with Crippen molar-refractivity contribution < 1.29 is 14.3 Å². The third-order valence-electron chi connectivity index (χ3n) is 6.27. The summed E-state index contributed by atoms with van der Waals surface area (Å²) < 4.78 is 12.2. The first-order chi connectivity index (χ1) is 16.2. The Bertz CT molecular complexity index is 1390. The summed E-state index contributed by atoms with van der Waals surface area (Å²) in [5, 5.41) is 6.23. The molecule has 0 aliphatic carbocycles. The predicted molar refractivity (Wildman–Crippen MR) is 135 cm³/mol. The highest BCUT2D eigenvalue weighted by atomic mass is 16.6. The summed E-state index contributed by atoms with van der Waals surface area (Å²) in [6.07, 6.45) is 3.55. The van der Waals surface area contributed by atoms with Gasteiger partial charge in [-0.15, -0.1) is 0 Å². The maximum atomic E-state index is 12.6. The van der Waals surface area contributed by atoms with Crippen LogP contribution >= 0.6 is 0 Å². The minimum atomic E-state index is -0.591. The van der Waals surface area contributed by atoms with E-state index >= 15 is 0 Å². The lowest BCUT2D eigenvalue weighted by Gasteiger charge is -2.26. The number of ether oxygens (including phenoxy) is 2. The van der Waals surface area contributed by atoms with Crippen molar-refractivity contribution >= 4 is 33.6 Å². The Kier molecular flexibility index (Phi) is 5.42. The van der Waals surface area contributed by atoms with E-state index in [4.69, 9.17) is 14.5 Å². The quantitative estimate of drug-likeness (QED) is 0.373. The van der Waals surface area contributed by atoms with Gasteiger partial charge in [-0.25, -0.2) is 9.78 Å². The minimum absolute atomic E-state index is 0.454. The van der Waals surface area contributed by atoms with Crippen LogP contribution in [0.5, 0.6) is 5.75 Å². The highest BCUT2D eigenvalue weighted by Crippen LogP contribution is 2.38. The Morgan fingerprint density at radius 1 is 1.09 bits per heavy atom. The lowest BCUT2D eigenvalue weighted by molar-refractivity contribution is 0.0522. The third-order valence-corrected chi connectivity index (χ3v) is 6.27. The van der Waals surface area contributed by atoms with Crippen LogP contribution in [0.4, 0.5) is 10.5 Å².